The van der Waals surface area contributed by atoms with Crippen LogP contribution < -0.4 is 10.1 Å². The van der Waals surface area contributed by atoms with E-state index in [-0.39, 0.29) is 6.04 Å². The molecule has 1 unspecified atom stereocenters. The van der Waals surface area contributed by atoms with E-state index in [2.05, 4.69) is 16.2 Å². The molecule has 0 aliphatic carbocycles. The summed E-state index contributed by atoms with van der Waals surface area (Å²) in [4.78, 5) is 4.13. The lowest BCUT2D eigenvalue weighted by molar-refractivity contribution is 0.397. The van der Waals surface area contributed by atoms with Crippen LogP contribution in [0.2, 0.25) is 0 Å². The third kappa shape index (κ3) is 3.61. The number of hydrogen-bond donors (Lipinski definition) is 1. The zero-order chi connectivity index (χ0) is 11.1. The summed E-state index contributed by atoms with van der Waals surface area (Å²) in [5, 5.41) is 3.21. The van der Waals surface area contributed by atoms with Gasteiger partial charge >= 0.3 is 0 Å². The van der Waals surface area contributed by atoms with Crippen molar-refractivity contribution < 1.29 is 4.74 Å². The number of nitrogens with zero attached hydrogens (tertiary/aromatic N) is 1. The predicted molar refractivity (Wildman–Crippen MR) is 60.8 cm³/mol. The van der Waals surface area contributed by atoms with Crippen molar-refractivity contribution in [3.63, 3.8) is 0 Å². The molecule has 0 saturated carbocycles. The Bertz CT molecular complexity index is 326. The smallest absolute Gasteiger partial charge is 0.212 e. The minimum atomic E-state index is 0.0743. The minimum Gasteiger partial charge on any atom is -0.481 e. The zero-order valence-corrected chi connectivity index (χ0v) is 9.16. The van der Waals surface area contributed by atoms with Crippen LogP contribution in [0, 0.1) is 12.3 Å². The predicted octanol–water partition coefficient (Wildman–Crippen LogP) is 1.24. The van der Waals surface area contributed by atoms with Crippen molar-refractivity contribution in [2.24, 2.45) is 0 Å². The molecule has 1 N–H and O–H groups in total. The molecule has 0 bridgehead atoms. The standard InChI is InChI=1S/C12H16N2O/c1-4-11(13-5-2)8-10-6-7-12(15-3)14-9-10/h1,6-7,9,11,13H,5,8H2,2-3H3. The lowest BCUT2D eigenvalue weighted by Crippen LogP contribution is -2.29. The molecule has 3 heteroatoms. The van der Waals surface area contributed by atoms with Crippen molar-refractivity contribution in [1.29, 1.82) is 0 Å². The van der Waals surface area contributed by atoms with E-state index >= 15 is 0 Å². The Kier molecular flexibility index (Phi) is 4.65. The Labute approximate surface area is 90.9 Å². The largest absolute Gasteiger partial charge is 0.481 e. The van der Waals surface area contributed by atoms with Gasteiger partial charge < -0.3 is 10.1 Å². The first-order chi connectivity index (χ1) is 7.30. The lowest BCUT2D eigenvalue weighted by Gasteiger charge is -2.11. The summed E-state index contributed by atoms with van der Waals surface area (Å²) >= 11 is 0. The zero-order valence-electron chi connectivity index (χ0n) is 9.16. The fraction of sp³-hybridized carbons (Fsp3) is 0.417. The monoisotopic (exact) mass is 204 g/mol. The highest BCUT2D eigenvalue weighted by molar-refractivity contribution is 5.20. The number of pyridine rings is 1. The molecule has 1 aromatic rings. The van der Waals surface area contributed by atoms with Crippen LogP contribution in [0.15, 0.2) is 18.3 Å². The molecule has 0 aromatic carbocycles. The molecule has 1 rings (SSSR count). The molecule has 1 aromatic heterocycles. The number of nitrogens with one attached hydrogen (secondary N) is 1. The van der Waals surface area contributed by atoms with Gasteiger partial charge in [-0.05, 0) is 12.1 Å². The van der Waals surface area contributed by atoms with Gasteiger partial charge in [0.2, 0.25) is 5.88 Å². The van der Waals surface area contributed by atoms with Gasteiger partial charge in [0.25, 0.3) is 0 Å². The Morgan fingerprint density at radius 1 is 1.60 bits per heavy atom. The Hall–Kier alpha value is -1.53. The molecule has 0 aliphatic rings. The number of methoxy groups -OCH3 is 1. The van der Waals surface area contributed by atoms with Gasteiger partial charge in [0.05, 0.1) is 13.2 Å². The van der Waals surface area contributed by atoms with Crippen LogP contribution in [0.4, 0.5) is 0 Å². The maximum atomic E-state index is 5.41. The van der Waals surface area contributed by atoms with Crippen LogP contribution in [0.1, 0.15) is 12.5 Å². The number of terminal acetylenes is 1. The van der Waals surface area contributed by atoms with Crippen LogP contribution in [0.5, 0.6) is 5.88 Å². The highest BCUT2D eigenvalue weighted by atomic mass is 16.5. The number of aromatic nitrogens is 1. The summed E-state index contributed by atoms with van der Waals surface area (Å²) in [6.45, 7) is 2.91. The van der Waals surface area contributed by atoms with Gasteiger partial charge in [0, 0.05) is 18.7 Å². The molecule has 1 heterocycles. The van der Waals surface area contributed by atoms with Gasteiger partial charge in [-0.2, -0.15) is 0 Å². The number of ether oxygens (including phenoxy) is 1. The van der Waals surface area contributed by atoms with E-state index in [0.717, 1.165) is 18.5 Å². The highest BCUT2D eigenvalue weighted by Crippen LogP contribution is 2.08. The van der Waals surface area contributed by atoms with E-state index in [9.17, 15) is 0 Å². The Balaban J connectivity index is 2.60. The first-order valence-electron chi connectivity index (χ1n) is 4.98. The van der Waals surface area contributed by atoms with Crippen LogP contribution in [-0.2, 0) is 6.42 Å². The fourth-order valence-electron chi connectivity index (χ4n) is 1.32. The molecule has 0 radical (unpaired) electrons. The lowest BCUT2D eigenvalue weighted by atomic mass is 10.1. The molecule has 0 fully saturated rings. The molecule has 3 nitrogen and oxygen atoms in total. The van der Waals surface area contributed by atoms with Gasteiger partial charge in [-0.1, -0.05) is 18.9 Å². The quantitative estimate of drug-likeness (QED) is 0.733. The Morgan fingerprint density at radius 2 is 2.40 bits per heavy atom. The van der Waals surface area contributed by atoms with Crippen molar-refractivity contribution in [2.45, 2.75) is 19.4 Å². The number of rotatable bonds is 5. The third-order valence-corrected chi connectivity index (χ3v) is 2.10. The molecule has 0 spiro atoms. The van der Waals surface area contributed by atoms with E-state index in [4.69, 9.17) is 11.2 Å². The molecule has 0 aliphatic heterocycles. The van der Waals surface area contributed by atoms with Gasteiger partial charge in [0.15, 0.2) is 0 Å². The summed E-state index contributed by atoms with van der Waals surface area (Å²) in [5.74, 6) is 3.33. The summed E-state index contributed by atoms with van der Waals surface area (Å²) in [6.07, 6.45) is 7.99. The van der Waals surface area contributed by atoms with Crippen molar-refractivity contribution in [1.82, 2.24) is 10.3 Å². The second-order valence-corrected chi connectivity index (χ2v) is 3.19. The topological polar surface area (TPSA) is 34.1 Å². The molecular formula is C12H16N2O. The van der Waals surface area contributed by atoms with Crippen molar-refractivity contribution in [3.05, 3.63) is 23.9 Å². The van der Waals surface area contributed by atoms with Crippen molar-refractivity contribution >= 4 is 0 Å². The van der Waals surface area contributed by atoms with E-state index in [0.29, 0.717) is 5.88 Å². The first-order valence-corrected chi connectivity index (χ1v) is 4.98. The first kappa shape index (κ1) is 11.5. The average Bonchev–Trinajstić information content (AvgIpc) is 2.29. The highest BCUT2D eigenvalue weighted by Gasteiger charge is 2.04. The molecule has 15 heavy (non-hydrogen) atoms. The van der Waals surface area contributed by atoms with Crippen molar-refractivity contribution in [3.8, 4) is 18.2 Å². The summed E-state index contributed by atoms with van der Waals surface area (Å²) in [5.41, 5.74) is 1.11. The van der Waals surface area contributed by atoms with Crippen molar-refractivity contribution in [2.75, 3.05) is 13.7 Å². The summed E-state index contributed by atoms with van der Waals surface area (Å²) in [7, 11) is 1.60. The van der Waals surface area contributed by atoms with Crippen LogP contribution in [0.3, 0.4) is 0 Å². The van der Waals surface area contributed by atoms with Crippen LogP contribution in [-0.4, -0.2) is 24.7 Å². The maximum absolute atomic E-state index is 5.41. The van der Waals surface area contributed by atoms with Crippen LogP contribution in [0.25, 0.3) is 0 Å². The average molecular weight is 204 g/mol. The van der Waals surface area contributed by atoms with E-state index in [1.807, 2.05) is 19.1 Å². The normalized spacial score (nSPS) is 11.8. The second kappa shape index (κ2) is 6.05. The second-order valence-electron chi connectivity index (χ2n) is 3.19. The van der Waals surface area contributed by atoms with E-state index in [1.165, 1.54) is 0 Å². The third-order valence-electron chi connectivity index (χ3n) is 2.10. The molecule has 1 atom stereocenters. The van der Waals surface area contributed by atoms with Gasteiger partial charge in [0.1, 0.15) is 0 Å². The Morgan fingerprint density at radius 3 is 2.87 bits per heavy atom. The minimum absolute atomic E-state index is 0.0743. The van der Waals surface area contributed by atoms with Gasteiger partial charge in [-0.15, -0.1) is 6.42 Å². The fourth-order valence-corrected chi connectivity index (χ4v) is 1.32. The molecule has 80 valence electrons. The summed E-state index contributed by atoms with van der Waals surface area (Å²) in [6, 6.07) is 3.90. The molecular weight excluding hydrogens is 188 g/mol. The number of likely N-dealkylation sites (N-methyl/N-ethyl adjacent to an activating group) is 1. The van der Waals surface area contributed by atoms with Gasteiger partial charge in [-0.25, -0.2) is 4.98 Å². The maximum Gasteiger partial charge on any atom is 0.212 e. The number of hydrogen-bond acceptors (Lipinski definition) is 3. The van der Waals surface area contributed by atoms with E-state index < -0.39 is 0 Å². The van der Waals surface area contributed by atoms with Crippen LogP contribution >= 0.6 is 0 Å². The SMILES string of the molecule is C#CC(Cc1ccc(OC)nc1)NCC. The molecule has 0 saturated heterocycles. The van der Waals surface area contributed by atoms with E-state index in [1.54, 1.807) is 13.3 Å². The summed E-state index contributed by atoms with van der Waals surface area (Å²) < 4.78 is 4.98. The van der Waals surface area contributed by atoms with Gasteiger partial charge in [-0.3, -0.25) is 0 Å². The molecule has 0 amide bonds.